The molecule has 3 heterocycles. The van der Waals surface area contributed by atoms with Crippen molar-refractivity contribution in [3.8, 4) is 0 Å². The summed E-state index contributed by atoms with van der Waals surface area (Å²) in [5, 5.41) is 8.99. The average Bonchev–Trinajstić information content (AvgIpc) is 3.70. The molecule has 2 aromatic rings. The number of amides is 2. The van der Waals surface area contributed by atoms with Gasteiger partial charge in [-0.25, -0.2) is 4.98 Å². The minimum Gasteiger partial charge on any atom is -0.341 e. The first kappa shape index (κ1) is 29.6. The van der Waals surface area contributed by atoms with Crippen LogP contribution in [0.15, 0.2) is 36.9 Å². The lowest BCUT2D eigenvalue weighted by molar-refractivity contribution is -0.137. The molecule has 2 aliphatic carbocycles. The number of hydrogen-bond acceptors (Lipinski definition) is 5. The first-order valence-corrected chi connectivity index (χ1v) is 16.8. The van der Waals surface area contributed by atoms with Gasteiger partial charge in [-0.1, -0.05) is 43.0 Å². The zero-order chi connectivity index (χ0) is 28.9. The molecule has 1 aromatic carbocycles. The number of hydrogen-bond donors (Lipinski definition) is 1. The quantitative estimate of drug-likeness (QED) is 0.428. The predicted octanol–water partition coefficient (Wildman–Crippen LogP) is 5.26. The number of nitrogens with one attached hydrogen (secondary N) is 1. The second-order valence-electron chi connectivity index (χ2n) is 13.4. The summed E-state index contributed by atoms with van der Waals surface area (Å²) < 4.78 is 2.02. The van der Waals surface area contributed by atoms with Crippen LogP contribution in [0.3, 0.4) is 0 Å². The Bertz CT molecular complexity index is 1170. The number of halogens is 1. The molecule has 1 N–H and O–H groups in total. The molecule has 4 fully saturated rings. The zero-order valence-corrected chi connectivity index (χ0v) is 25.7. The van der Waals surface area contributed by atoms with Crippen molar-refractivity contribution >= 4 is 23.4 Å². The van der Waals surface area contributed by atoms with Gasteiger partial charge >= 0.3 is 0 Å². The summed E-state index contributed by atoms with van der Waals surface area (Å²) in [7, 11) is 0. The largest absolute Gasteiger partial charge is 0.341 e. The van der Waals surface area contributed by atoms with Crippen LogP contribution in [0, 0.1) is 11.3 Å². The normalized spacial score (nSPS) is 26.0. The van der Waals surface area contributed by atoms with Crippen molar-refractivity contribution in [2.75, 3.05) is 19.6 Å². The fraction of sp³-hybridized carbons (Fsp3) is 0.697. The fourth-order valence-corrected chi connectivity index (χ4v) is 8.53. The van der Waals surface area contributed by atoms with Gasteiger partial charge in [-0.3, -0.25) is 14.3 Å². The van der Waals surface area contributed by atoms with Gasteiger partial charge in [0.25, 0.3) is 0 Å². The number of benzene rings is 1. The van der Waals surface area contributed by atoms with Gasteiger partial charge < -0.3 is 15.1 Å². The molecule has 2 saturated carbocycles. The predicted molar refractivity (Wildman–Crippen MR) is 164 cm³/mol. The third-order valence-corrected chi connectivity index (χ3v) is 11.1. The smallest absolute Gasteiger partial charge is 0.240 e. The molecule has 2 amide bonds. The summed E-state index contributed by atoms with van der Waals surface area (Å²) in [5.41, 5.74) is 1.30. The van der Waals surface area contributed by atoms with E-state index in [4.69, 9.17) is 11.6 Å². The Morgan fingerprint density at radius 2 is 1.71 bits per heavy atom. The van der Waals surface area contributed by atoms with Gasteiger partial charge in [0.1, 0.15) is 12.7 Å². The molecule has 4 aliphatic rings. The Labute approximate surface area is 255 Å². The lowest BCUT2D eigenvalue weighted by Gasteiger charge is -2.48. The highest BCUT2D eigenvalue weighted by molar-refractivity contribution is 6.30. The number of likely N-dealkylation sites (tertiary alicyclic amines) is 2. The van der Waals surface area contributed by atoms with E-state index in [1.807, 2.05) is 35.3 Å². The minimum absolute atomic E-state index is 0.176. The minimum atomic E-state index is -0.265. The molecule has 0 bridgehead atoms. The van der Waals surface area contributed by atoms with Crippen molar-refractivity contribution in [2.24, 2.45) is 11.3 Å². The maximum Gasteiger partial charge on any atom is 0.240 e. The monoisotopic (exact) mass is 594 g/mol. The SMILES string of the molecule is O=C([C@@H](Cc1ccc(Cl)cc1)N[C@H]1CC[C@H](N2CCCC2=O)CC1)N1CCC(Cn2cncn2)(C2CCCCC2)CC1. The summed E-state index contributed by atoms with van der Waals surface area (Å²) in [6.45, 7) is 3.40. The van der Waals surface area contributed by atoms with Crippen LogP contribution in [0.25, 0.3) is 0 Å². The molecule has 228 valence electrons. The van der Waals surface area contributed by atoms with Crippen LogP contribution in [0.5, 0.6) is 0 Å². The fourth-order valence-electron chi connectivity index (χ4n) is 8.41. The number of rotatable bonds is 9. The van der Waals surface area contributed by atoms with Crippen LogP contribution >= 0.6 is 11.6 Å². The topological polar surface area (TPSA) is 83.4 Å². The number of piperidine rings is 1. The second-order valence-corrected chi connectivity index (χ2v) is 13.8. The standard InChI is InChI=1S/C33H47ClN6O2/c34-27-10-8-25(9-11-27)21-30(37-28-12-14-29(15-13-28)40-18-4-7-31(40)41)32(42)38-19-16-33(17-20-38,22-39-24-35-23-36-39)26-5-2-1-3-6-26/h8-11,23-24,26,28-30,37H,1-7,12-22H2/t28-,29-,30-/m1/s1. The first-order chi connectivity index (χ1) is 20.5. The maximum absolute atomic E-state index is 14.2. The average molecular weight is 595 g/mol. The van der Waals surface area contributed by atoms with Crippen molar-refractivity contribution in [2.45, 2.75) is 115 Å². The summed E-state index contributed by atoms with van der Waals surface area (Å²) in [6.07, 6.45) is 18.4. The van der Waals surface area contributed by atoms with Crippen LogP contribution in [-0.4, -0.2) is 74.1 Å². The van der Waals surface area contributed by atoms with Crippen molar-refractivity contribution in [3.63, 3.8) is 0 Å². The van der Waals surface area contributed by atoms with E-state index in [1.165, 1.54) is 32.1 Å². The van der Waals surface area contributed by atoms with E-state index in [1.54, 1.807) is 6.33 Å². The molecule has 0 spiro atoms. The van der Waals surface area contributed by atoms with E-state index in [0.29, 0.717) is 41.8 Å². The van der Waals surface area contributed by atoms with Gasteiger partial charge in [0.2, 0.25) is 11.8 Å². The second kappa shape index (κ2) is 13.5. The van der Waals surface area contributed by atoms with E-state index in [0.717, 1.165) is 76.7 Å². The molecule has 1 aromatic heterocycles. The van der Waals surface area contributed by atoms with Gasteiger partial charge in [-0.2, -0.15) is 5.10 Å². The van der Waals surface area contributed by atoms with Crippen LogP contribution in [-0.2, 0) is 22.6 Å². The van der Waals surface area contributed by atoms with Crippen molar-refractivity contribution in [3.05, 3.63) is 47.5 Å². The molecule has 8 nitrogen and oxygen atoms in total. The molecule has 0 unspecified atom stereocenters. The van der Waals surface area contributed by atoms with Crippen LogP contribution in [0.2, 0.25) is 5.02 Å². The van der Waals surface area contributed by atoms with Gasteiger partial charge in [0.15, 0.2) is 0 Å². The van der Waals surface area contributed by atoms with E-state index in [9.17, 15) is 9.59 Å². The highest BCUT2D eigenvalue weighted by Gasteiger charge is 2.44. The Balaban J connectivity index is 1.12. The van der Waals surface area contributed by atoms with Gasteiger partial charge in [-0.05, 0) is 93.2 Å². The van der Waals surface area contributed by atoms with Crippen LogP contribution in [0.4, 0.5) is 0 Å². The summed E-state index contributed by atoms with van der Waals surface area (Å²) in [4.78, 5) is 35.0. The van der Waals surface area contributed by atoms with Crippen molar-refractivity contribution in [1.29, 1.82) is 0 Å². The van der Waals surface area contributed by atoms with Crippen molar-refractivity contribution < 1.29 is 9.59 Å². The van der Waals surface area contributed by atoms with Gasteiger partial charge in [-0.15, -0.1) is 0 Å². The van der Waals surface area contributed by atoms with E-state index in [-0.39, 0.29) is 17.4 Å². The van der Waals surface area contributed by atoms with Crippen molar-refractivity contribution in [1.82, 2.24) is 29.9 Å². The Kier molecular flexibility index (Phi) is 9.49. The number of aromatic nitrogens is 3. The van der Waals surface area contributed by atoms with Gasteiger partial charge in [0, 0.05) is 49.7 Å². The lowest BCUT2D eigenvalue weighted by Crippen LogP contribution is -2.56. The number of nitrogens with zero attached hydrogens (tertiary/aromatic N) is 5. The van der Waals surface area contributed by atoms with Crippen LogP contribution in [0.1, 0.15) is 89.0 Å². The first-order valence-electron chi connectivity index (χ1n) is 16.4. The molecular weight excluding hydrogens is 548 g/mol. The van der Waals surface area contributed by atoms with Gasteiger partial charge in [0.05, 0.1) is 6.04 Å². The maximum atomic E-state index is 14.2. The molecule has 6 rings (SSSR count). The summed E-state index contributed by atoms with van der Waals surface area (Å²) in [6, 6.07) is 8.31. The molecule has 2 aliphatic heterocycles. The molecule has 9 heteroatoms. The zero-order valence-electron chi connectivity index (χ0n) is 24.9. The molecule has 1 atom stereocenters. The molecule has 0 radical (unpaired) electrons. The van der Waals surface area contributed by atoms with E-state index < -0.39 is 0 Å². The third-order valence-electron chi connectivity index (χ3n) is 10.8. The Morgan fingerprint density at radius 3 is 2.36 bits per heavy atom. The molecule has 2 saturated heterocycles. The highest BCUT2D eigenvalue weighted by atomic mass is 35.5. The number of carbonyl (C=O) groups excluding carboxylic acids is 2. The molecular formula is C33H47ClN6O2. The third kappa shape index (κ3) is 6.85. The summed E-state index contributed by atoms with van der Waals surface area (Å²) in [5.74, 6) is 1.23. The lowest BCUT2D eigenvalue weighted by atomic mass is 9.63. The Hall–Kier alpha value is -2.45. The van der Waals surface area contributed by atoms with E-state index in [2.05, 4.69) is 25.2 Å². The molecule has 42 heavy (non-hydrogen) atoms. The Morgan fingerprint density at radius 1 is 0.976 bits per heavy atom. The highest BCUT2D eigenvalue weighted by Crippen LogP contribution is 2.47. The number of carbonyl (C=O) groups is 2. The summed E-state index contributed by atoms with van der Waals surface area (Å²) >= 11 is 6.18. The van der Waals surface area contributed by atoms with Crippen LogP contribution < -0.4 is 5.32 Å². The van der Waals surface area contributed by atoms with E-state index >= 15 is 0 Å².